The monoisotopic (exact) mass is 348 g/mol. The van der Waals surface area contributed by atoms with Gasteiger partial charge in [0.2, 0.25) is 6.79 Å². The number of benzene rings is 2. The van der Waals surface area contributed by atoms with Crippen LogP contribution in [0.4, 0.5) is 10.5 Å². The second kappa shape index (κ2) is 7.42. The summed E-state index contributed by atoms with van der Waals surface area (Å²) < 4.78 is 15.9. The molecule has 1 unspecified atom stereocenters. The van der Waals surface area contributed by atoms with Crippen LogP contribution in [0.3, 0.4) is 0 Å². The van der Waals surface area contributed by atoms with Gasteiger partial charge in [-0.25, -0.2) is 4.79 Å². The number of urea groups is 1. The van der Waals surface area contributed by atoms with Crippen molar-refractivity contribution in [3.63, 3.8) is 0 Å². The summed E-state index contributed by atoms with van der Waals surface area (Å²) in [6.07, 6.45) is -0.332. The zero-order valence-electron chi connectivity index (χ0n) is 13.0. The highest BCUT2D eigenvalue weighted by atomic mass is 35.5. The van der Waals surface area contributed by atoms with E-state index in [1.54, 1.807) is 31.4 Å². The Morgan fingerprint density at radius 1 is 1.25 bits per heavy atom. The molecule has 1 aliphatic rings. The van der Waals surface area contributed by atoms with Gasteiger partial charge in [0, 0.05) is 36.0 Å². The highest BCUT2D eigenvalue weighted by Gasteiger charge is 2.16. The minimum absolute atomic E-state index is 0.193. The molecule has 0 saturated heterocycles. The molecule has 126 valence electrons. The van der Waals surface area contributed by atoms with Crippen LogP contribution in [0.25, 0.3) is 0 Å². The van der Waals surface area contributed by atoms with Crippen LogP contribution in [0.1, 0.15) is 11.7 Å². The Labute approximate surface area is 144 Å². The van der Waals surface area contributed by atoms with Crippen molar-refractivity contribution in [3.8, 4) is 11.5 Å². The highest BCUT2D eigenvalue weighted by Crippen LogP contribution is 2.34. The Balaban J connectivity index is 1.57. The SMILES string of the molecule is COC(CNC(=O)Nc1ccc2c(c1)OCO2)c1ccccc1Cl. The molecular formula is C17H17ClN2O4. The lowest BCUT2D eigenvalue weighted by atomic mass is 10.1. The molecule has 0 aromatic heterocycles. The number of methoxy groups -OCH3 is 1. The van der Waals surface area contributed by atoms with E-state index in [1.165, 1.54) is 0 Å². The molecule has 3 rings (SSSR count). The van der Waals surface area contributed by atoms with Crippen LogP contribution >= 0.6 is 11.6 Å². The van der Waals surface area contributed by atoms with Crippen LogP contribution in [0, 0.1) is 0 Å². The summed E-state index contributed by atoms with van der Waals surface area (Å²) >= 11 is 6.16. The predicted octanol–water partition coefficient (Wildman–Crippen LogP) is 3.58. The summed E-state index contributed by atoms with van der Waals surface area (Å²) in [5.41, 5.74) is 1.44. The molecule has 0 bridgehead atoms. The number of halogens is 1. The highest BCUT2D eigenvalue weighted by molar-refractivity contribution is 6.31. The second-order valence-electron chi connectivity index (χ2n) is 5.15. The van der Waals surface area contributed by atoms with Gasteiger partial charge in [-0.1, -0.05) is 29.8 Å². The fourth-order valence-electron chi connectivity index (χ4n) is 2.39. The van der Waals surface area contributed by atoms with Gasteiger partial charge in [0.1, 0.15) is 6.10 Å². The number of ether oxygens (including phenoxy) is 3. The largest absolute Gasteiger partial charge is 0.454 e. The number of anilines is 1. The van der Waals surface area contributed by atoms with E-state index in [0.717, 1.165) is 5.56 Å². The molecule has 2 aromatic carbocycles. The van der Waals surface area contributed by atoms with Crippen LogP contribution in [-0.4, -0.2) is 26.5 Å². The molecule has 24 heavy (non-hydrogen) atoms. The minimum Gasteiger partial charge on any atom is -0.454 e. The molecule has 1 atom stereocenters. The first-order valence-corrected chi connectivity index (χ1v) is 7.77. The average molecular weight is 349 g/mol. The predicted molar refractivity (Wildman–Crippen MR) is 90.8 cm³/mol. The van der Waals surface area contributed by atoms with Crippen molar-refractivity contribution in [2.75, 3.05) is 25.8 Å². The molecule has 0 saturated carbocycles. The molecule has 0 fully saturated rings. The lowest BCUT2D eigenvalue weighted by Gasteiger charge is -2.18. The lowest BCUT2D eigenvalue weighted by molar-refractivity contribution is 0.104. The van der Waals surface area contributed by atoms with E-state index in [9.17, 15) is 4.79 Å². The van der Waals surface area contributed by atoms with Gasteiger partial charge in [-0.3, -0.25) is 0 Å². The van der Waals surface area contributed by atoms with E-state index >= 15 is 0 Å². The molecule has 0 spiro atoms. The van der Waals surface area contributed by atoms with Crippen LogP contribution < -0.4 is 20.1 Å². The molecule has 7 heteroatoms. The molecule has 2 N–H and O–H groups in total. The molecular weight excluding hydrogens is 332 g/mol. The maximum atomic E-state index is 12.1. The van der Waals surface area contributed by atoms with E-state index in [0.29, 0.717) is 22.2 Å². The van der Waals surface area contributed by atoms with Crippen molar-refractivity contribution < 1.29 is 19.0 Å². The lowest BCUT2D eigenvalue weighted by Crippen LogP contribution is -2.33. The first-order chi connectivity index (χ1) is 11.7. The van der Waals surface area contributed by atoms with Crippen LogP contribution in [0.5, 0.6) is 11.5 Å². The van der Waals surface area contributed by atoms with Gasteiger partial charge in [-0.15, -0.1) is 0 Å². The fraction of sp³-hybridized carbons (Fsp3) is 0.235. The summed E-state index contributed by atoms with van der Waals surface area (Å²) in [5, 5.41) is 6.11. The quantitative estimate of drug-likeness (QED) is 0.866. The number of hydrogen-bond acceptors (Lipinski definition) is 4. The summed E-state index contributed by atoms with van der Waals surface area (Å²) in [7, 11) is 1.57. The molecule has 1 heterocycles. The van der Waals surface area contributed by atoms with E-state index in [4.69, 9.17) is 25.8 Å². The summed E-state index contributed by atoms with van der Waals surface area (Å²) in [6, 6.07) is 12.2. The number of fused-ring (bicyclic) bond motifs is 1. The van der Waals surface area contributed by atoms with E-state index in [1.807, 2.05) is 18.2 Å². The van der Waals surface area contributed by atoms with Gasteiger partial charge >= 0.3 is 6.03 Å². The van der Waals surface area contributed by atoms with Gasteiger partial charge in [0.15, 0.2) is 11.5 Å². The van der Waals surface area contributed by atoms with Gasteiger partial charge in [0.25, 0.3) is 0 Å². The van der Waals surface area contributed by atoms with Gasteiger partial charge in [0.05, 0.1) is 0 Å². The standard InChI is InChI=1S/C17H17ClN2O4/c1-22-16(12-4-2-3-5-13(12)18)9-19-17(21)20-11-6-7-14-15(8-11)24-10-23-14/h2-8,16H,9-10H2,1H3,(H2,19,20,21). The third-order valence-corrected chi connectivity index (χ3v) is 3.96. The van der Waals surface area contributed by atoms with Crippen molar-refractivity contribution >= 4 is 23.3 Å². The normalized spacial score (nSPS) is 13.4. The smallest absolute Gasteiger partial charge is 0.319 e. The Morgan fingerprint density at radius 2 is 2.04 bits per heavy atom. The molecule has 1 aliphatic heterocycles. The number of nitrogens with one attached hydrogen (secondary N) is 2. The molecule has 2 aromatic rings. The maximum Gasteiger partial charge on any atom is 0.319 e. The van der Waals surface area contributed by atoms with Crippen molar-refractivity contribution in [2.45, 2.75) is 6.10 Å². The Morgan fingerprint density at radius 3 is 2.83 bits per heavy atom. The van der Waals surface area contributed by atoms with Gasteiger partial charge in [-0.2, -0.15) is 0 Å². The number of amides is 2. The average Bonchev–Trinajstić information content (AvgIpc) is 3.04. The third-order valence-electron chi connectivity index (χ3n) is 3.62. The molecule has 0 aliphatic carbocycles. The number of rotatable bonds is 5. The number of carbonyl (C=O) groups excluding carboxylic acids is 1. The summed E-state index contributed by atoms with van der Waals surface area (Å²) in [4.78, 5) is 12.1. The van der Waals surface area contributed by atoms with Gasteiger partial charge in [-0.05, 0) is 18.2 Å². The Hall–Kier alpha value is -2.44. The first-order valence-electron chi connectivity index (χ1n) is 7.39. The van der Waals surface area contributed by atoms with Crippen molar-refractivity contribution in [1.29, 1.82) is 0 Å². The van der Waals surface area contributed by atoms with Crippen molar-refractivity contribution in [3.05, 3.63) is 53.1 Å². The van der Waals surface area contributed by atoms with E-state index < -0.39 is 0 Å². The molecule has 2 amide bonds. The first kappa shape index (κ1) is 16.4. The van der Waals surface area contributed by atoms with Gasteiger partial charge < -0.3 is 24.8 Å². The molecule has 0 radical (unpaired) electrons. The zero-order chi connectivity index (χ0) is 16.9. The molecule has 6 nitrogen and oxygen atoms in total. The summed E-state index contributed by atoms with van der Waals surface area (Å²) in [6.45, 7) is 0.481. The fourth-order valence-corrected chi connectivity index (χ4v) is 2.65. The minimum atomic E-state index is -0.344. The zero-order valence-corrected chi connectivity index (χ0v) is 13.8. The summed E-state index contributed by atoms with van der Waals surface area (Å²) in [5.74, 6) is 1.28. The third kappa shape index (κ3) is 3.72. The van der Waals surface area contributed by atoms with Crippen molar-refractivity contribution in [1.82, 2.24) is 5.32 Å². The second-order valence-corrected chi connectivity index (χ2v) is 5.56. The maximum absolute atomic E-state index is 12.1. The van der Waals surface area contributed by atoms with Crippen molar-refractivity contribution in [2.24, 2.45) is 0 Å². The topological polar surface area (TPSA) is 68.8 Å². The van der Waals surface area contributed by atoms with Crippen LogP contribution in [0.15, 0.2) is 42.5 Å². The Kier molecular flexibility index (Phi) is 5.08. The van der Waals surface area contributed by atoms with Crippen LogP contribution in [0.2, 0.25) is 5.02 Å². The number of carbonyl (C=O) groups is 1. The van der Waals surface area contributed by atoms with E-state index in [-0.39, 0.29) is 25.5 Å². The van der Waals surface area contributed by atoms with Crippen LogP contribution in [-0.2, 0) is 4.74 Å². The van der Waals surface area contributed by atoms with E-state index in [2.05, 4.69) is 10.6 Å². The number of hydrogen-bond donors (Lipinski definition) is 2. The Bertz CT molecular complexity index is 738.